The molecule has 1 aliphatic carbocycles. The van der Waals surface area contributed by atoms with Gasteiger partial charge in [0, 0.05) is 19.1 Å². The highest BCUT2D eigenvalue weighted by Gasteiger charge is 2.36. The number of amides is 1. The summed E-state index contributed by atoms with van der Waals surface area (Å²) < 4.78 is 37.9. The monoisotopic (exact) mass is 449 g/mol. The molecular formula is C21H26F3N7O. The van der Waals surface area contributed by atoms with E-state index < -0.39 is 11.9 Å². The van der Waals surface area contributed by atoms with Crippen molar-refractivity contribution in [2.24, 2.45) is 5.92 Å². The fourth-order valence-corrected chi connectivity index (χ4v) is 4.20. The molecule has 0 spiro atoms. The molecule has 0 aromatic carbocycles. The van der Waals surface area contributed by atoms with E-state index in [1.54, 1.807) is 0 Å². The first-order chi connectivity index (χ1) is 15.0. The molecule has 0 radical (unpaired) electrons. The van der Waals surface area contributed by atoms with Crippen molar-refractivity contribution in [2.75, 3.05) is 27.9 Å². The van der Waals surface area contributed by atoms with E-state index in [1.807, 2.05) is 32.7 Å². The lowest BCUT2D eigenvalue weighted by atomic mass is 9.86. The lowest BCUT2D eigenvalue weighted by molar-refractivity contribution is -0.141. The normalized spacial score (nSPS) is 22.8. The molecule has 3 N–H and O–H groups in total. The highest BCUT2D eigenvalue weighted by molar-refractivity contribution is 6.03. The Labute approximate surface area is 184 Å². The fourth-order valence-electron chi connectivity index (χ4n) is 4.20. The number of hydrogen-bond acceptors (Lipinski definition) is 7. The molecule has 8 nitrogen and oxygen atoms in total. The van der Waals surface area contributed by atoms with Crippen LogP contribution >= 0.6 is 0 Å². The molecule has 32 heavy (non-hydrogen) atoms. The Bertz CT molecular complexity index is 1000. The van der Waals surface area contributed by atoms with Gasteiger partial charge in [-0.2, -0.15) is 18.2 Å². The SMILES string of the molecule is Cc1nc(NC2CC(Nc3ccc(C(F)(F)F)nc3)C2)nc2c1NC(=O)C(C(C)C)N2C. The zero-order chi connectivity index (χ0) is 23.2. The first-order valence-electron chi connectivity index (χ1n) is 10.5. The zero-order valence-electron chi connectivity index (χ0n) is 18.3. The Balaban J connectivity index is 1.37. The summed E-state index contributed by atoms with van der Waals surface area (Å²) in [7, 11) is 1.86. The Morgan fingerprint density at radius 2 is 1.84 bits per heavy atom. The number of likely N-dealkylation sites (N-methyl/N-ethyl adjacent to an activating group) is 1. The summed E-state index contributed by atoms with van der Waals surface area (Å²) in [5.41, 5.74) is 0.962. The lowest BCUT2D eigenvalue weighted by Gasteiger charge is -2.38. The van der Waals surface area contributed by atoms with Crippen LogP contribution in [0, 0.1) is 12.8 Å². The largest absolute Gasteiger partial charge is 0.433 e. The summed E-state index contributed by atoms with van der Waals surface area (Å²) in [6.07, 6.45) is -1.71. The number of halogens is 3. The Kier molecular flexibility index (Phi) is 5.59. The van der Waals surface area contributed by atoms with Crippen LogP contribution < -0.4 is 20.9 Å². The van der Waals surface area contributed by atoms with Crippen molar-refractivity contribution in [3.8, 4) is 0 Å². The maximum atomic E-state index is 12.6. The number of aryl methyl sites for hydroxylation is 1. The van der Waals surface area contributed by atoms with Crippen LogP contribution in [0.3, 0.4) is 0 Å². The quantitative estimate of drug-likeness (QED) is 0.641. The summed E-state index contributed by atoms with van der Waals surface area (Å²) in [6, 6.07) is 2.31. The number of alkyl halides is 3. The van der Waals surface area contributed by atoms with Gasteiger partial charge in [-0.15, -0.1) is 0 Å². The molecule has 4 rings (SSSR count). The van der Waals surface area contributed by atoms with Crippen molar-refractivity contribution >= 4 is 29.0 Å². The second kappa shape index (κ2) is 8.10. The molecule has 0 bridgehead atoms. The molecule has 2 aromatic rings. The van der Waals surface area contributed by atoms with Gasteiger partial charge in [-0.25, -0.2) is 9.97 Å². The number of anilines is 4. The molecule has 0 saturated heterocycles. The van der Waals surface area contributed by atoms with Crippen molar-refractivity contribution < 1.29 is 18.0 Å². The molecule has 1 saturated carbocycles. The van der Waals surface area contributed by atoms with E-state index in [0.717, 1.165) is 18.9 Å². The van der Waals surface area contributed by atoms with Crippen molar-refractivity contribution in [3.05, 3.63) is 29.7 Å². The van der Waals surface area contributed by atoms with Crippen LogP contribution in [-0.2, 0) is 11.0 Å². The van der Waals surface area contributed by atoms with Crippen molar-refractivity contribution in [1.29, 1.82) is 0 Å². The van der Waals surface area contributed by atoms with Crippen LogP contribution in [0.15, 0.2) is 18.3 Å². The third-order valence-corrected chi connectivity index (χ3v) is 5.87. The lowest BCUT2D eigenvalue weighted by Crippen LogP contribution is -2.50. The van der Waals surface area contributed by atoms with Gasteiger partial charge in [0.1, 0.15) is 17.4 Å². The third-order valence-electron chi connectivity index (χ3n) is 5.87. The van der Waals surface area contributed by atoms with Gasteiger partial charge in [0.15, 0.2) is 5.82 Å². The number of rotatable bonds is 5. The maximum absolute atomic E-state index is 12.6. The third kappa shape index (κ3) is 4.28. The molecule has 11 heteroatoms. The Hall–Kier alpha value is -3.11. The van der Waals surface area contributed by atoms with E-state index in [9.17, 15) is 18.0 Å². The highest BCUT2D eigenvalue weighted by atomic mass is 19.4. The van der Waals surface area contributed by atoms with Gasteiger partial charge >= 0.3 is 6.18 Å². The predicted molar refractivity (Wildman–Crippen MR) is 116 cm³/mol. The van der Waals surface area contributed by atoms with Crippen LogP contribution in [0.4, 0.5) is 36.3 Å². The van der Waals surface area contributed by atoms with Gasteiger partial charge in [-0.1, -0.05) is 13.8 Å². The first kappa shape index (κ1) is 22.1. The predicted octanol–water partition coefficient (Wildman–Crippen LogP) is 3.67. The second-order valence-corrected chi connectivity index (χ2v) is 8.70. The standard InChI is InChI=1S/C21H26F3N7O/c1-10(2)17-19(32)29-16-11(3)26-20(30-18(16)31(17)4)28-14-7-13(8-14)27-12-5-6-15(25-9-12)21(22,23)24/h5-6,9-10,13-14,17,27H,7-8H2,1-4H3,(H,29,32)(H,26,28,30). The second-order valence-electron chi connectivity index (χ2n) is 8.70. The number of carbonyl (C=O) groups is 1. The van der Waals surface area contributed by atoms with E-state index in [2.05, 4.69) is 30.9 Å². The van der Waals surface area contributed by atoms with Gasteiger partial charge in [0.2, 0.25) is 11.9 Å². The maximum Gasteiger partial charge on any atom is 0.433 e. The van der Waals surface area contributed by atoms with E-state index in [1.165, 1.54) is 12.3 Å². The minimum atomic E-state index is -4.44. The summed E-state index contributed by atoms with van der Waals surface area (Å²) in [4.78, 5) is 26.9. The van der Waals surface area contributed by atoms with Gasteiger partial charge in [-0.3, -0.25) is 4.79 Å². The number of fused-ring (bicyclic) bond motifs is 1. The average Bonchev–Trinajstić information content (AvgIpc) is 2.67. The Morgan fingerprint density at radius 1 is 1.16 bits per heavy atom. The number of carbonyl (C=O) groups excluding carboxylic acids is 1. The summed E-state index contributed by atoms with van der Waals surface area (Å²) in [5.74, 6) is 1.24. The average molecular weight is 449 g/mol. The highest BCUT2D eigenvalue weighted by Crippen LogP contribution is 2.35. The molecular weight excluding hydrogens is 423 g/mol. The number of pyridine rings is 1. The molecule has 172 valence electrons. The van der Waals surface area contributed by atoms with Crippen LogP contribution in [-0.4, -0.2) is 46.0 Å². The van der Waals surface area contributed by atoms with Crippen molar-refractivity contribution in [1.82, 2.24) is 15.0 Å². The molecule has 1 atom stereocenters. The molecule has 3 heterocycles. The summed E-state index contributed by atoms with van der Waals surface area (Å²) in [6.45, 7) is 5.82. The number of nitrogens with zero attached hydrogens (tertiary/aromatic N) is 4. The minimum Gasteiger partial charge on any atom is -0.381 e. The fraction of sp³-hybridized carbons (Fsp3) is 0.524. The number of aromatic nitrogens is 3. The summed E-state index contributed by atoms with van der Waals surface area (Å²) in [5, 5.41) is 9.45. The van der Waals surface area contributed by atoms with Crippen molar-refractivity contribution in [3.63, 3.8) is 0 Å². The van der Waals surface area contributed by atoms with E-state index >= 15 is 0 Å². The number of hydrogen-bond donors (Lipinski definition) is 3. The van der Waals surface area contributed by atoms with Gasteiger partial charge in [0.05, 0.1) is 17.6 Å². The first-order valence-corrected chi connectivity index (χ1v) is 10.5. The Morgan fingerprint density at radius 3 is 2.44 bits per heavy atom. The smallest absolute Gasteiger partial charge is 0.381 e. The van der Waals surface area contributed by atoms with Gasteiger partial charge < -0.3 is 20.9 Å². The molecule has 1 fully saturated rings. The number of nitrogens with one attached hydrogen (secondary N) is 3. The zero-order valence-corrected chi connectivity index (χ0v) is 18.3. The van der Waals surface area contributed by atoms with Crippen LogP contribution in [0.25, 0.3) is 0 Å². The topological polar surface area (TPSA) is 95.1 Å². The molecule has 1 unspecified atom stereocenters. The molecule has 1 amide bonds. The molecule has 1 aliphatic heterocycles. The molecule has 2 aliphatic rings. The van der Waals surface area contributed by atoms with E-state index in [4.69, 9.17) is 0 Å². The van der Waals surface area contributed by atoms with Gasteiger partial charge in [0.25, 0.3) is 0 Å². The van der Waals surface area contributed by atoms with Gasteiger partial charge in [-0.05, 0) is 37.8 Å². The van der Waals surface area contributed by atoms with E-state index in [-0.39, 0.29) is 30.0 Å². The minimum absolute atomic E-state index is 0.0620. The summed E-state index contributed by atoms with van der Waals surface area (Å²) >= 11 is 0. The van der Waals surface area contributed by atoms with Crippen molar-refractivity contribution in [2.45, 2.75) is 57.9 Å². The van der Waals surface area contributed by atoms with Crippen LogP contribution in [0.1, 0.15) is 38.1 Å². The van der Waals surface area contributed by atoms with Crippen LogP contribution in [0.2, 0.25) is 0 Å². The molecule has 2 aromatic heterocycles. The van der Waals surface area contributed by atoms with Crippen LogP contribution in [0.5, 0.6) is 0 Å². The van der Waals surface area contributed by atoms with E-state index in [0.29, 0.717) is 28.8 Å².